The van der Waals surface area contributed by atoms with Crippen LogP contribution in [0.4, 0.5) is 0 Å². The lowest BCUT2D eigenvalue weighted by molar-refractivity contribution is 0.553. The van der Waals surface area contributed by atoms with Crippen molar-refractivity contribution in [2.75, 3.05) is 6.54 Å². The lowest BCUT2D eigenvalue weighted by atomic mass is 10.0. The van der Waals surface area contributed by atoms with E-state index in [4.69, 9.17) is 0 Å². The summed E-state index contributed by atoms with van der Waals surface area (Å²) in [6.07, 6.45) is 1.91. The molecule has 2 N–H and O–H groups in total. The second-order valence-corrected chi connectivity index (χ2v) is 5.86. The number of rotatable bonds is 5. The van der Waals surface area contributed by atoms with Gasteiger partial charge in [0.1, 0.15) is 0 Å². The molecule has 3 heteroatoms. The molecule has 108 valence electrons. The highest BCUT2D eigenvalue weighted by Crippen LogP contribution is 2.25. The smallest absolute Gasteiger partial charge is 0.0695 e. The molecule has 0 aliphatic carbocycles. The lowest BCUT2D eigenvalue weighted by Crippen LogP contribution is -2.19. The summed E-state index contributed by atoms with van der Waals surface area (Å²) in [5.41, 5.74) is 3.51. The van der Waals surface area contributed by atoms with Crippen LogP contribution in [0.15, 0.2) is 48.7 Å². The second kappa shape index (κ2) is 6.10. The number of H-pyrrole nitrogens is 1. The minimum atomic E-state index is 0.654. The fourth-order valence-electron chi connectivity index (χ4n) is 2.54. The van der Waals surface area contributed by atoms with Gasteiger partial charge in [-0.25, -0.2) is 0 Å². The molecule has 0 radical (unpaired) electrons. The number of aromatic nitrogens is 2. The first-order chi connectivity index (χ1) is 10.2. The molecular formula is C18H21N3. The average molecular weight is 279 g/mol. The summed E-state index contributed by atoms with van der Waals surface area (Å²) in [7, 11) is 0. The van der Waals surface area contributed by atoms with Crippen molar-refractivity contribution in [3.05, 3.63) is 54.2 Å². The van der Waals surface area contributed by atoms with Gasteiger partial charge < -0.3 is 5.32 Å². The largest absolute Gasteiger partial charge is 0.312 e. The Labute approximate surface area is 125 Å². The van der Waals surface area contributed by atoms with Crippen LogP contribution in [0.1, 0.15) is 19.4 Å². The first-order valence-electron chi connectivity index (χ1n) is 7.46. The van der Waals surface area contributed by atoms with E-state index in [0.717, 1.165) is 18.8 Å². The number of benzene rings is 2. The first-order valence-corrected chi connectivity index (χ1v) is 7.46. The number of aromatic amines is 1. The van der Waals surface area contributed by atoms with Gasteiger partial charge in [-0.2, -0.15) is 5.10 Å². The predicted molar refractivity (Wildman–Crippen MR) is 88.1 cm³/mol. The van der Waals surface area contributed by atoms with Crippen molar-refractivity contribution >= 4 is 10.8 Å². The van der Waals surface area contributed by atoms with Crippen molar-refractivity contribution < 1.29 is 0 Å². The van der Waals surface area contributed by atoms with Crippen LogP contribution >= 0.6 is 0 Å². The van der Waals surface area contributed by atoms with Crippen LogP contribution in [0.2, 0.25) is 0 Å². The Morgan fingerprint density at radius 2 is 1.90 bits per heavy atom. The van der Waals surface area contributed by atoms with Crippen molar-refractivity contribution in [3.63, 3.8) is 0 Å². The quantitative estimate of drug-likeness (QED) is 0.741. The molecule has 0 bridgehead atoms. The van der Waals surface area contributed by atoms with Crippen LogP contribution < -0.4 is 5.32 Å². The van der Waals surface area contributed by atoms with Crippen molar-refractivity contribution in [1.29, 1.82) is 0 Å². The molecule has 2 aromatic carbocycles. The summed E-state index contributed by atoms with van der Waals surface area (Å²) < 4.78 is 0. The van der Waals surface area contributed by atoms with E-state index in [1.165, 1.54) is 21.9 Å². The summed E-state index contributed by atoms with van der Waals surface area (Å²) in [5, 5.41) is 13.3. The van der Waals surface area contributed by atoms with E-state index < -0.39 is 0 Å². The highest BCUT2D eigenvalue weighted by atomic mass is 15.1. The van der Waals surface area contributed by atoms with Gasteiger partial charge in [0.15, 0.2) is 0 Å². The summed E-state index contributed by atoms with van der Waals surface area (Å²) in [5.74, 6) is 0.654. The first kappa shape index (κ1) is 13.8. The maximum Gasteiger partial charge on any atom is 0.0695 e. The van der Waals surface area contributed by atoms with E-state index in [1.54, 1.807) is 0 Å². The van der Waals surface area contributed by atoms with Crippen LogP contribution in [0.3, 0.4) is 0 Å². The van der Waals surface area contributed by atoms with Gasteiger partial charge in [0.2, 0.25) is 0 Å². The Morgan fingerprint density at radius 1 is 1.10 bits per heavy atom. The van der Waals surface area contributed by atoms with Gasteiger partial charge in [-0.1, -0.05) is 50.2 Å². The van der Waals surface area contributed by atoms with E-state index in [9.17, 15) is 0 Å². The van der Waals surface area contributed by atoms with Gasteiger partial charge in [0, 0.05) is 17.7 Å². The zero-order chi connectivity index (χ0) is 14.7. The van der Waals surface area contributed by atoms with Gasteiger partial charge >= 0.3 is 0 Å². The van der Waals surface area contributed by atoms with E-state index in [1.807, 2.05) is 6.20 Å². The Hall–Kier alpha value is -2.13. The summed E-state index contributed by atoms with van der Waals surface area (Å²) in [4.78, 5) is 0. The monoisotopic (exact) mass is 279 g/mol. The SMILES string of the molecule is CC(C)CNCc1cn[nH]c1-c1ccc2ccccc2c1. The van der Waals surface area contributed by atoms with E-state index in [2.05, 4.69) is 71.8 Å². The fraction of sp³-hybridized carbons (Fsp3) is 0.278. The van der Waals surface area contributed by atoms with Gasteiger partial charge in [0.25, 0.3) is 0 Å². The molecule has 0 saturated carbocycles. The van der Waals surface area contributed by atoms with Gasteiger partial charge in [-0.15, -0.1) is 0 Å². The van der Waals surface area contributed by atoms with E-state index >= 15 is 0 Å². The molecule has 0 spiro atoms. The van der Waals surface area contributed by atoms with Crippen molar-refractivity contribution in [2.45, 2.75) is 20.4 Å². The normalized spacial score (nSPS) is 11.4. The highest BCUT2D eigenvalue weighted by Gasteiger charge is 2.08. The number of hydrogen-bond acceptors (Lipinski definition) is 2. The molecule has 0 saturated heterocycles. The molecule has 0 aliphatic heterocycles. The molecule has 0 aliphatic rings. The minimum Gasteiger partial charge on any atom is -0.312 e. The maximum absolute atomic E-state index is 4.21. The zero-order valence-electron chi connectivity index (χ0n) is 12.6. The summed E-state index contributed by atoms with van der Waals surface area (Å²) in [6, 6.07) is 15.0. The minimum absolute atomic E-state index is 0.654. The second-order valence-electron chi connectivity index (χ2n) is 5.86. The standard InChI is InChI=1S/C18H21N3/c1-13(2)10-19-11-17-12-20-21-18(17)16-8-7-14-5-3-4-6-15(14)9-16/h3-9,12-13,19H,10-11H2,1-2H3,(H,20,21). The molecule has 3 rings (SSSR count). The Kier molecular flexibility index (Phi) is 4.02. The molecule has 0 atom stereocenters. The number of hydrogen-bond donors (Lipinski definition) is 2. The van der Waals surface area contributed by atoms with Gasteiger partial charge in [-0.05, 0) is 29.3 Å². The molecule has 0 amide bonds. The third kappa shape index (κ3) is 3.14. The maximum atomic E-state index is 4.21. The Morgan fingerprint density at radius 3 is 2.71 bits per heavy atom. The van der Waals surface area contributed by atoms with Crippen LogP contribution in [0.25, 0.3) is 22.0 Å². The fourth-order valence-corrected chi connectivity index (χ4v) is 2.54. The molecular weight excluding hydrogens is 258 g/mol. The molecule has 21 heavy (non-hydrogen) atoms. The van der Waals surface area contributed by atoms with Crippen molar-refractivity contribution in [2.24, 2.45) is 5.92 Å². The van der Waals surface area contributed by atoms with E-state index in [-0.39, 0.29) is 0 Å². The van der Waals surface area contributed by atoms with Crippen LogP contribution in [-0.4, -0.2) is 16.7 Å². The predicted octanol–water partition coefficient (Wildman–Crippen LogP) is 3.98. The number of fused-ring (bicyclic) bond motifs is 1. The Balaban J connectivity index is 1.86. The van der Waals surface area contributed by atoms with Crippen molar-refractivity contribution in [1.82, 2.24) is 15.5 Å². The molecule has 3 aromatic rings. The lowest BCUT2D eigenvalue weighted by Gasteiger charge is -2.08. The molecule has 1 heterocycles. The van der Waals surface area contributed by atoms with Crippen molar-refractivity contribution in [3.8, 4) is 11.3 Å². The highest BCUT2D eigenvalue weighted by molar-refractivity contribution is 5.87. The van der Waals surface area contributed by atoms with Crippen LogP contribution in [0.5, 0.6) is 0 Å². The van der Waals surface area contributed by atoms with E-state index in [0.29, 0.717) is 5.92 Å². The third-order valence-electron chi connectivity index (χ3n) is 3.62. The average Bonchev–Trinajstić information content (AvgIpc) is 2.95. The summed E-state index contributed by atoms with van der Waals surface area (Å²) in [6.45, 7) is 6.29. The van der Waals surface area contributed by atoms with Crippen LogP contribution in [0, 0.1) is 5.92 Å². The number of nitrogens with one attached hydrogen (secondary N) is 2. The molecule has 1 aromatic heterocycles. The topological polar surface area (TPSA) is 40.7 Å². The zero-order valence-corrected chi connectivity index (χ0v) is 12.6. The molecule has 3 nitrogen and oxygen atoms in total. The van der Waals surface area contributed by atoms with Crippen LogP contribution in [-0.2, 0) is 6.54 Å². The molecule has 0 fully saturated rings. The van der Waals surface area contributed by atoms with Gasteiger partial charge in [0.05, 0.1) is 11.9 Å². The van der Waals surface area contributed by atoms with Gasteiger partial charge in [-0.3, -0.25) is 5.10 Å². The third-order valence-corrected chi connectivity index (χ3v) is 3.62. The Bertz CT molecular complexity index is 728. The summed E-state index contributed by atoms with van der Waals surface area (Å²) >= 11 is 0. The molecule has 0 unspecified atom stereocenters. The number of nitrogens with zero attached hydrogens (tertiary/aromatic N) is 1.